The van der Waals surface area contributed by atoms with Gasteiger partial charge in [0.15, 0.2) is 11.5 Å². The molecular formula is C30H23IN2O3. The maximum atomic E-state index is 12.6. The summed E-state index contributed by atoms with van der Waals surface area (Å²) in [6.45, 7) is 0.420. The van der Waals surface area contributed by atoms with Gasteiger partial charge in [-0.3, -0.25) is 4.79 Å². The highest BCUT2D eigenvalue weighted by Crippen LogP contribution is 2.34. The number of methoxy groups -OCH3 is 1. The van der Waals surface area contributed by atoms with Gasteiger partial charge in [-0.1, -0.05) is 72.8 Å². The lowest BCUT2D eigenvalue weighted by atomic mass is 10.1. The molecule has 0 aliphatic heterocycles. The third kappa shape index (κ3) is 5.18. The van der Waals surface area contributed by atoms with Crippen LogP contribution in [0.4, 0.5) is 0 Å². The molecule has 5 aromatic carbocycles. The Bertz CT molecular complexity index is 1590. The van der Waals surface area contributed by atoms with Gasteiger partial charge in [0.05, 0.1) is 16.9 Å². The summed E-state index contributed by atoms with van der Waals surface area (Å²) in [4.78, 5) is 12.6. The molecule has 5 nitrogen and oxygen atoms in total. The second-order valence-electron chi connectivity index (χ2n) is 8.22. The van der Waals surface area contributed by atoms with E-state index in [0.717, 1.165) is 25.5 Å². The van der Waals surface area contributed by atoms with Crippen LogP contribution in [0.25, 0.3) is 21.5 Å². The lowest BCUT2D eigenvalue weighted by molar-refractivity contribution is 0.0955. The number of benzene rings is 5. The van der Waals surface area contributed by atoms with Crippen molar-refractivity contribution in [3.05, 3.63) is 117 Å². The summed E-state index contributed by atoms with van der Waals surface area (Å²) in [5.74, 6) is 1.00. The minimum Gasteiger partial charge on any atom is -0.493 e. The zero-order valence-corrected chi connectivity index (χ0v) is 21.7. The van der Waals surface area contributed by atoms with Gasteiger partial charge in [-0.15, -0.1) is 0 Å². The largest absolute Gasteiger partial charge is 0.493 e. The van der Waals surface area contributed by atoms with Crippen molar-refractivity contribution in [1.82, 2.24) is 5.43 Å². The summed E-state index contributed by atoms with van der Waals surface area (Å²) >= 11 is 2.22. The first-order valence-corrected chi connectivity index (χ1v) is 12.5. The average Bonchev–Trinajstić information content (AvgIpc) is 2.91. The van der Waals surface area contributed by atoms with Crippen LogP contribution in [0.2, 0.25) is 0 Å². The van der Waals surface area contributed by atoms with E-state index in [4.69, 9.17) is 9.47 Å². The van der Waals surface area contributed by atoms with E-state index in [1.54, 1.807) is 19.4 Å². The van der Waals surface area contributed by atoms with Gasteiger partial charge in [0, 0.05) is 5.56 Å². The number of nitrogens with zero attached hydrogens (tertiary/aromatic N) is 1. The Balaban J connectivity index is 1.29. The summed E-state index contributed by atoms with van der Waals surface area (Å²) in [5, 5.41) is 8.58. The van der Waals surface area contributed by atoms with Gasteiger partial charge in [-0.05, 0) is 79.5 Å². The SMILES string of the molecule is COc1cc(/C=N/NC(=O)c2ccc3ccccc3c2)cc(I)c1OCc1cccc2ccccc12. The fourth-order valence-corrected chi connectivity index (χ4v) is 4.86. The normalized spacial score (nSPS) is 11.2. The molecule has 0 aliphatic carbocycles. The van der Waals surface area contributed by atoms with Gasteiger partial charge >= 0.3 is 0 Å². The number of nitrogens with one attached hydrogen (secondary N) is 1. The quantitative estimate of drug-likeness (QED) is 0.128. The second-order valence-corrected chi connectivity index (χ2v) is 9.38. The molecule has 0 saturated carbocycles. The Morgan fingerprint density at radius 3 is 2.47 bits per heavy atom. The van der Waals surface area contributed by atoms with E-state index in [2.05, 4.69) is 57.4 Å². The summed E-state index contributed by atoms with van der Waals surface area (Å²) in [7, 11) is 1.61. The molecule has 6 heteroatoms. The zero-order valence-electron chi connectivity index (χ0n) is 19.6. The van der Waals surface area contributed by atoms with Gasteiger partial charge in [0.1, 0.15) is 6.61 Å². The van der Waals surface area contributed by atoms with E-state index >= 15 is 0 Å². The smallest absolute Gasteiger partial charge is 0.271 e. The molecule has 1 N–H and O–H groups in total. The van der Waals surface area contributed by atoms with Gasteiger partial charge in [-0.25, -0.2) is 5.43 Å². The van der Waals surface area contributed by atoms with E-state index in [-0.39, 0.29) is 5.91 Å². The number of fused-ring (bicyclic) bond motifs is 2. The Labute approximate surface area is 222 Å². The third-order valence-corrected chi connectivity index (χ3v) is 6.70. The molecule has 0 bridgehead atoms. The molecule has 0 spiro atoms. The van der Waals surface area contributed by atoms with Crippen LogP contribution in [-0.2, 0) is 6.61 Å². The Kier molecular flexibility index (Phi) is 7.13. The molecular weight excluding hydrogens is 563 g/mol. The van der Waals surface area contributed by atoms with Crippen LogP contribution in [-0.4, -0.2) is 19.2 Å². The van der Waals surface area contributed by atoms with Crippen LogP contribution < -0.4 is 14.9 Å². The molecule has 0 aromatic heterocycles. The maximum Gasteiger partial charge on any atom is 0.271 e. The summed E-state index contributed by atoms with van der Waals surface area (Å²) < 4.78 is 12.7. The van der Waals surface area contributed by atoms with Crippen molar-refractivity contribution in [2.75, 3.05) is 7.11 Å². The van der Waals surface area contributed by atoms with E-state index in [9.17, 15) is 4.79 Å². The van der Waals surface area contributed by atoms with Crippen molar-refractivity contribution in [2.24, 2.45) is 5.10 Å². The Morgan fingerprint density at radius 2 is 1.64 bits per heavy atom. The number of amides is 1. The number of hydrogen-bond donors (Lipinski definition) is 1. The van der Waals surface area contributed by atoms with Crippen LogP contribution in [0.5, 0.6) is 11.5 Å². The van der Waals surface area contributed by atoms with E-state index in [0.29, 0.717) is 23.7 Å². The highest BCUT2D eigenvalue weighted by Gasteiger charge is 2.13. The lowest BCUT2D eigenvalue weighted by Gasteiger charge is -2.14. The molecule has 0 atom stereocenters. The number of carbonyl (C=O) groups excluding carboxylic acids is 1. The topological polar surface area (TPSA) is 59.9 Å². The van der Waals surface area contributed by atoms with Crippen LogP contribution >= 0.6 is 22.6 Å². The van der Waals surface area contributed by atoms with Crippen molar-refractivity contribution in [3.8, 4) is 11.5 Å². The van der Waals surface area contributed by atoms with Crippen molar-refractivity contribution in [1.29, 1.82) is 0 Å². The average molecular weight is 586 g/mol. The molecule has 1 amide bonds. The van der Waals surface area contributed by atoms with Gasteiger partial charge in [-0.2, -0.15) is 5.10 Å². The first-order chi connectivity index (χ1) is 17.6. The molecule has 0 heterocycles. The highest BCUT2D eigenvalue weighted by molar-refractivity contribution is 14.1. The molecule has 0 fully saturated rings. The number of rotatable bonds is 7. The molecule has 0 aliphatic rings. The number of ether oxygens (including phenoxy) is 2. The van der Waals surface area contributed by atoms with Crippen molar-refractivity contribution in [3.63, 3.8) is 0 Å². The number of hydrazone groups is 1. The minimum atomic E-state index is -0.270. The van der Waals surface area contributed by atoms with Gasteiger partial charge in [0.2, 0.25) is 0 Å². The third-order valence-electron chi connectivity index (χ3n) is 5.90. The van der Waals surface area contributed by atoms with Crippen LogP contribution in [0, 0.1) is 3.57 Å². The van der Waals surface area contributed by atoms with Gasteiger partial charge in [0.25, 0.3) is 5.91 Å². The van der Waals surface area contributed by atoms with E-state index < -0.39 is 0 Å². The minimum absolute atomic E-state index is 0.270. The predicted octanol–water partition coefficient (Wildman–Crippen LogP) is 6.95. The monoisotopic (exact) mass is 586 g/mol. The fourth-order valence-electron chi connectivity index (χ4n) is 4.08. The molecule has 0 unspecified atom stereocenters. The zero-order chi connectivity index (χ0) is 24.9. The molecule has 36 heavy (non-hydrogen) atoms. The Morgan fingerprint density at radius 1 is 0.889 bits per heavy atom. The summed E-state index contributed by atoms with van der Waals surface area (Å²) in [6, 6.07) is 31.7. The van der Waals surface area contributed by atoms with Crippen molar-refractivity contribution in [2.45, 2.75) is 6.61 Å². The van der Waals surface area contributed by atoms with E-state index in [1.165, 1.54) is 10.8 Å². The predicted molar refractivity (Wildman–Crippen MR) is 153 cm³/mol. The van der Waals surface area contributed by atoms with Crippen molar-refractivity contribution < 1.29 is 14.3 Å². The lowest BCUT2D eigenvalue weighted by Crippen LogP contribution is -2.17. The first-order valence-electron chi connectivity index (χ1n) is 11.4. The maximum absolute atomic E-state index is 12.6. The molecule has 178 valence electrons. The van der Waals surface area contributed by atoms with Gasteiger partial charge < -0.3 is 9.47 Å². The second kappa shape index (κ2) is 10.8. The molecule has 0 saturated heterocycles. The van der Waals surface area contributed by atoms with Crippen LogP contribution in [0.3, 0.4) is 0 Å². The van der Waals surface area contributed by atoms with Crippen molar-refractivity contribution >= 4 is 56.3 Å². The number of hydrogen-bond acceptors (Lipinski definition) is 4. The standard InChI is InChI=1S/C30H23IN2O3/c1-35-28-16-20(18-32-33-30(34)24-14-13-21-7-2-3-9-23(21)17-24)15-27(31)29(28)36-19-25-11-6-10-22-8-4-5-12-26(22)25/h2-18H,19H2,1H3,(H,33,34)/b32-18+. The highest BCUT2D eigenvalue weighted by atomic mass is 127. The number of halogens is 1. The Hall–Kier alpha value is -3.91. The van der Waals surface area contributed by atoms with E-state index in [1.807, 2.05) is 66.7 Å². The molecule has 0 radical (unpaired) electrons. The molecule has 5 aromatic rings. The van der Waals surface area contributed by atoms with Crippen LogP contribution in [0.15, 0.2) is 102 Å². The molecule has 5 rings (SSSR count). The summed E-state index contributed by atoms with van der Waals surface area (Å²) in [5.41, 5.74) is 5.04. The van der Waals surface area contributed by atoms with Crippen LogP contribution in [0.1, 0.15) is 21.5 Å². The number of carbonyl (C=O) groups is 1. The fraction of sp³-hybridized carbons (Fsp3) is 0.0667. The summed E-state index contributed by atoms with van der Waals surface area (Å²) in [6.07, 6.45) is 1.60. The first kappa shape index (κ1) is 23.8.